The first-order valence-corrected chi connectivity index (χ1v) is 3.95. The van der Waals surface area contributed by atoms with Gasteiger partial charge in [0, 0.05) is 11.4 Å². The van der Waals surface area contributed by atoms with Crippen LogP contribution in [0.3, 0.4) is 0 Å². The van der Waals surface area contributed by atoms with Crippen molar-refractivity contribution in [1.82, 2.24) is 0 Å². The Kier molecular flexibility index (Phi) is 3.02. The molecule has 0 radical (unpaired) electrons. The van der Waals surface area contributed by atoms with Crippen LogP contribution in [0.2, 0.25) is 0 Å². The lowest BCUT2D eigenvalue weighted by atomic mass is 10.2. The highest BCUT2D eigenvalue weighted by molar-refractivity contribution is 6.63. The van der Waals surface area contributed by atoms with Crippen molar-refractivity contribution in [2.75, 3.05) is 11.1 Å². The number of aliphatic carboxylic acids is 1. The minimum atomic E-state index is -1.79. The molecule has 0 fully saturated rings. The third-order valence-corrected chi connectivity index (χ3v) is 1.54. The Balaban J connectivity index is 2.75. The Morgan fingerprint density at radius 2 is 1.93 bits per heavy atom. The second-order valence-corrected chi connectivity index (χ2v) is 2.71. The predicted octanol–water partition coefficient (Wildman–Crippen LogP) is -0.139. The molecule has 1 aromatic carbocycles. The summed E-state index contributed by atoms with van der Waals surface area (Å²) in [5.41, 5.74) is 6.09. The van der Waals surface area contributed by atoms with Gasteiger partial charge in [-0.25, -0.2) is 4.79 Å². The second-order valence-electron chi connectivity index (χ2n) is 2.71. The lowest BCUT2D eigenvalue weighted by Crippen LogP contribution is -2.29. The number of rotatable bonds is 3. The smallest absolute Gasteiger partial charge is 0.382 e. The van der Waals surface area contributed by atoms with E-state index in [1.165, 1.54) is 12.1 Å². The van der Waals surface area contributed by atoms with E-state index < -0.39 is 17.7 Å². The number of amides is 1. The van der Waals surface area contributed by atoms with Crippen molar-refractivity contribution in [2.45, 2.75) is 0 Å². The highest BCUT2D eigenvalue weighted by Crippen LogP contribution is 2.11. The van der Waals surface area contributed by atoms with Crippen molar-refractivity contribution in [1.29, 1.82) is 0 Å². The Labute approximate surface area is 84.7 Å². The Morgan fingerprint density at radius 1 is 1.27 bits per heavy atom. The van der Waals surface area contributed by atoms with E-state index in [1.54, 1.807) is 12.1 Å². The van der Waals surface area contributed by atoms with E-state index in [9.17, 15) is 14.4 Å². The van der Waals surface area contributed by atoms with Gasteiger partial charge < -0.3 is 16.2 Å². The fourth-order valence-electron chi connectivity index (χ4n) is 0.901. The zero-order valence-corrected chi connectivity index (χ0v) is 7.56. The SMILES string of the molecule is Nc1cccc(NC(=O)C(=O)C(=O)O)c1. The van der Waals surface area contributed by atoms with Gasteiger partial charge in [0.05, 0.1) is 0 Å². The summed E-state index contributed by atoms with van der Waals surface area (Å²) in [6.07, 6.45) is 0. The third-order valence-electron chi connectivity index (χ3n) is 1.54. The number of nitrogens with one attached hydrogen (secondary N) is 1. The Morgan fingerprint density at radius 3 is 2.47 bits per heavy atom. The Bertz CT molecular complexity index is 428. The molecule has 0 saturated carbocycles. The van der Waals surface area contributed by atoms with Gasteiger partial charge in [0.15, 0.2) is 0 Å². The molecule has 0 heterocycles. The molecule has 0 bridgehead atoms. The Hall–Kier alpha value is -2.37. The van der Waals surface area contributed by atoms with Crippen LogP contribution < -0.4 is 11.1 Å². The zero-order valence-electron chi connectivity index (χ0n) is 7.56. The van der Waals surface area contributed by atoms with Gasteiger partial charge in [-0.05, 0) is 18.2 Å². The number of nitrogens with two attached hydrogens (primary N) is 1. The molecular weight excluding hydrogens is 200 g/mol. The van der Waals surface area contributed by atoms with E-state index in [4.69, 9.17) is 10.8 Å². The van der Waals surface area contributed by atoms with E-state index in [1.807, 2.05) is 0 Å². The first kappa shape index (κ1) is 10.7. The molecule has 4 N–H and O–H groups in total. The molecule has 0 atom stereocenters. The van der Waals surface area contributed by atoms with Crippen LogP contribution in [0, 0.1) is 0 Å². The number of carbonyl (C=O) groups excluding carboxylic acids is 2. The number of ketones is 1. The minimum absolute atomic E-state index is 0.273. The van der Waals surface area contributed by atoms with Gasteiger partial charge in [-0.2, -0.15) is 0 Å². The largest absolute Gasteiger partial charge is 0.475 e. The third kappa shape index (κ3) is 2.80. The maximum Gasteiger partial charge on any atom is 0.382 e. The molecule has 78 valence electrons. The van der Waals surface area contributed by atoms with Gasteiger partial charge in [-0.15, -0.1) is 0 Å². The molecule has 1 aromatic rings. The standard InChI is InChI=1S/C9H8N2O4/c10-5-2-1-3-6(4-5)11-8(13)7(12)9(14)15/h1-4H,10H2,(H,11,13)(H,14,15). The van der Waals surface area contributed by atoms with E-state index in [-0.39, 0.29) is 5.69 Å². The monoisotopic (exact) mass is 208 g/mol. The minimum Gasteiger partial charge on any atom is -0.475 e. The van der Waals surface area contributed by atoms with Crippen LogP contribution in [-0.2, 0) is 14.4 Å². The average Bonchev–Trinajstić information content (AvgIpc) is 2.16. The van der Waals surface area contributed by atoms with Gasteiger partial charge >= 0.3 is 17.7 Å². The van der Waals surface area contributed by atoms with E-state index in [0.29, 0.717) is 5.69 Å². The van der Waals surface area contributed by atoms with Crippen molar-refractivity contribution >= 4 is 29.0 Å². The fourth-order valence-corrected chi connectivity index (χ4v) is 0.901. The highest BCUT2D eigenvalue weighted by Gasteiger charge is 2.21. The molecule has 0 spiro atoms. The molecule has 0 aliphatic rings. The number of carbonyl (C=O) groups is 3. The summed E-state index contributed by atoms with van der Waals surface area (Å²) in [4.78, 5) is 31.8. The predicted molar refractivity (Wildman–Crippen MR) is 52.1 cm³/mol. The van der Waals surface area contributed by atoms with Crippen LogP contribution >= 0.6 is 0 Å². The number of nitrogen functional groups attached to an aromatic ring is 1. The molecule has 1 amide bonds. The molecular formula is C9H8N2O4. The van der Waals surface area contributed by atoms with E-state index >= 15 is 0 Å². The van der Waals surface area contributed by atoms with E-state index in [0.717, 1.165) is 0 Å². The normalized spacial score (nSPS) is 9.33. The number of carboxylic acid groups (broad SMARTS) is 1. The number of anilines is 2. The number of Topliss-reactive ketones (excluding diaryl/α,β-unsaturated/α-hetero) is 1. The quantitative estimate of drug-likeness (QED) is 0.364. The summed E-state index contributed by atoms with van der Waals surface area (Å²) >= 11 is 0. The van der Waals surface area contributed by atoms with Gasteiger partial charge in [0.2, 0.25) is 0 Å². The lowest BCUT2D eigenvalue weighted by molar-refractivity contribution is -0.152. The van der Waals surface area contributed by atoms with Gasteiger partial charge in [-0.1, -0.05) is 6.07 Å². The van der Waals surface area contributed by atoms with Crippen LogP contribution in [0.25, 0.3) is 0 Å². The number of hydrogen-bond acceptors (Lipinski definition) is 4. The number of hydrogen-bond donors (Lipinski definition) is 3. The first-order valence-electron chi connectivity index (χ1n) is 3.95. The molecule has 0 aliphatic heterocycles. The van der Waals surface area contributed by atoms with Crippen molar-refractivity contribution in [3.63, 3.8) is 0 Å². The number of benzene rings is 1. The van der Waals surface area contributed by atoms with Crippen molar-refractivity contribution in [3.05, 3.63) is 24.3 Å². The van der Waals surface area contributed by atoms with Crippen LogP contribution in [-0.4, -0.2) is 22.8 Å². The van der Waals surface area contributed by atoms with Gasteiger partial charge in [0.1, 0.15) is 0 Å². The summed E-state index contributed by atoms with van der Waals surface area (Å²) in [7, 11) is 0. The molecule has 6 nitrogen and oxygen atoms in total. The summed E-state index contributed by atoms with van der Waals surface area (Å²) in [6.45, 7) is 0. The first-order chi connectivity index (χ1) is 7.00. The molecule has 0 unspecified atom stereocenters. The molecule has 6 heteroatoms. The van der Waals surface area contributed by atoms with Crippen molar-refractivity contribution in [2.24, 2.45) is 0 Å². The van der Waals surface area contributed by atoms with E-state index in [2.05, 4.69) is 5.32 Å². The highest BCUT2D eigenvalue weighted by atomic mass is 16.4. The molecule has 0 saturated heterocycles. The van der Waals surface area contributed by atoms with Crippen LogP contribution in [0.15, 0.2) is 24.3 Å². The van der Waals surface area contributed by atoms with Crippen molar-refractivity contribution in [3.8, 4) is 0 Å². The molecule has 1 rings (SSSR count). The maximum atomic E-state index is 11.0. The van der Waals surface area contributed by atoms with Crippen molar-refractivity contribution < 1.29 is 19.5 Å². The van der Waals surface area contributed by atoms with Crippen LogP contribution in [0.4, 0.5) is 11.4 Å². The van der Waals surface area contributed by atoms with Crippen LogP contribution in [0.1, 0.15) is 0 Å². The summed E-state index contributed by atoms with van der Waals surface area (Å²) < 4.78 is 0. The second kappa shape index (κ2) is 4.23. The lowest BCUT2D eigenvalue weighted by Gasteiger charge is -2.02. The summed E-state index contributed by atoms with van der Waals surface area (Å²) in [5, 5.41) is 10.4. The van der Waals surface area contributed by atoms with Gasteiger partial charge in [0.25, 0.3) is 0 Å². The topological polar surface area (TPSA) is 109 Å². The fraction of sp³-hybridized carbons (Fsp3) is 0. The van der Waals surface area contributed by atoms with Crippen LogP contribution in [0.5, 0.6) is 0 Å². The summed E-state index contributed by atoms with van der Waals surface area (Å²) in [6, 6.07) is 6.06. The summed E-state index contributed by atoms with van der Waals surface area (Å²) in [5.74, 6) is -4.51. The number of carboxylic acids is 1. The molecule has 15 heavy (non-hydrogen) atoms. The average molecular weight is 208 g/mol. The van der Waals surface area contributed by atoms with Gasteiger partial charge in [-0.3, -0.25) is 9.59 Å². The maximum absolute atomic E-state index is 11.0. The zero-order chi connectivity index (χ0) is 11.4. The molecule has 0 aromatic heterocycles. The molecule has 0 aliphatic carbocycles.